The lowest BCUT2D eigenvalue weighted by atomic mass is 9.79. The van der Waals surface area contributed by atoms with Crippen LogP contribution in [0.2, 0.25) is 0 Å². The Morgan fingerprint density at radius 3 is 2.94 bits per heavy atom. The quantitative estimate of drug-likeness (QED) is 0.551. The first-order valence-corrected chi connectivity index (χ1v) is 6.56. The highest BCUT2D eigenvalue weighted by atomic mass is 79.9. The van der Waals surface area contributed by atoms with Gasteiger partial charge in [-0.25, -0.2) is 4.79 Å². The van der Waals surface area contributed by atoms with E-state index in [1.807, 2.05) is 12.2 Å². The van der Waals surface area contributed by atoms with Crippen LogP contribution in [0.5, 0.6) is 5.75 Å². The molecule has 1 heterocycles. The van der Waals surface area contributed by atoms with Crippen LogP contribution >= 0.6 is 15.9 Å². The van der Waals surface area contributed by atoms with Crippen molar-refractivity contribution in [2.75, 3.05) is 5.32 Å². The molecule has 1 aromatic carbocycles. The zero-order valence-corrected chi connectivity index (χ0v) is 11.0. The summed E-state index contributed by atoms with van der Waals surface area (Å²) < 4.78 is 0.896. The number of benzene rings is 1. The number of carbonyl (C=O) groups is 1. The average molecular weight is 310 g/mol. The molecule has 0 fully saturated rings. The Morgan fingerprint density at radius 2 is 2.22 bits per heavy atom. The van der Waals surface area contributed by atoms with Gasteiger partial charge < -0.3 is 15.5 Å². The molecule has 0 saturated heterocycles. The van der Waals surface area contributed by atoms with E-state index >= 15 is 0 Å². The zero-order valence-electron chi connectivity index (χ0n) is 9.43. The van der Waals surface area contributed by atoms with Gasteiger partial charge in [0, 0.05) is 21.9 Å². The Kier molecular flexibility index (Phi) is 2.59. The van der Waals surface area contributed by atoms with Crippen LogP contribution in [-0.2, 0) is 4.79 Å². The zero-order chi connectivity index (χ0) is 12.9. The molecule has 1 aliphatic carbocycles. The van der Waals surface area contributed by atoms with Gasteiger partial charge in [-0.15, -0.1) is 0 Å². The molecule has 0 unspecified atom stereocenters. The SMILES string of the molecule is O=C(O)[C@H]1Nc2c(O)ccc(Br)c2[C@H]2C=CC[C@H]12. The maximum Gasteiger partial charge on any atom is 0.326 e. The third kappa shape index (κ3) is 1.54. The minimum atomic E-state index is -0.876. The lowest BCUT2D eigenvalue weighted by Gasteiger charge is -2.35. The summed E-state index contributed by atoms with van der Waals surface area (Å²) in [5.41, 5.74) is 1.48. The number of fused-ring (bicyclic) bond motifs is 3. The van der Waals surface area contributed by atoms with Gasteiger partial charge >= 0.3 is 5.97 Å². The number of aromatic hydroxyl groups is 1. The van der Waals surface area contributed by atoms with Crippen LogP contribution in [0.3, 0.4) is 0 Å². The number of halogens is 1. The summed E-state index contributed by atoms with van der Waals surface area (Å²) in [5, 5.41) is 22.1. The monoisotopic (exact) mass is 309 g/mol. The summed E-state index contributed by atoms with van der Waals surface area (Å²) >= 11 is 3.48. The summed E-state index contributed by atoms with van der Waals surface area (Å²) in [6.45, 7) is 0. The third-order valence-corrected chi connectivity index (χ3v) is 4.40. The molecule has 3 rings (SSSR count). The van der Waals surface area contributed by atoms with Gasteiger partial charge in [-0.2, -0.15) is 0 Å². The van der Waals surface area contributed by atoms with Crippen LogP contribution in [0.25, 0.3) is 0 Å². The smallest absolute Gasteiger partial charge is 0.326 e. The van der Waals surface area contributed by atoms with E-state index in [4.69, 9.17) is 0 Å². The predicted molar refractivity (Wildman–Crippen MR) is 70.8 cm³/mol. The highest BCUT2D eigenvalue weighted by Crippen LogP contribution is 2.50. The third-order valence-electron chi connectivity index (χ3n) is 3.71. The van der Waals surface area contributed by atoms with Crippen molar-refractivity contribution in [1.29, 1.82) is 0 Å². The van der Waals surface area contributed by atoms with Gasteiger partial charge in [0.05, 0.1) is 5.69 Å². The first kappa shape index (κ1) is 11.6. The summed E-state index contributed by atoms with van der Waals surface area (Å²) in [6, 6.07) is 2.70. The fourth-order valence-corrected chi connectivity index (χ4v) is 3.49. The maximum absolute atomic E-state index is 11.3. The Labute approximate surface area is 112 Å². The number of anilines is 1. The number of nitrogens with one attached hydrogen (secondary N) is 1. The second kappa shape index (κ2) is 4.02. The standard InChI is InChI=1S/C13H12BrNO3/c14-8-4-5-9(16)12-10(8)6-2-1-3-7(6)11(15-12)13(17)18/h1-2,4-7,11,15-16H,3H2,(H,17,18)/t6-,7-,11-/m0/s1. The minimum Gasteiger partial charge on any atom is -0.506 e. The second-order valence-corrected chi connectivity index (χ2v) is 5.52. The lowest BCUT2D eigenvalue weighted by Crippen LogP contribution is -2.42. The first-order valence-electron chi connectivity index (χ1n) is 5.77. The van der Waals surface area contributed by atoms with Crippen molar-refractivity contribution in [3.63, 3.8) is 0 Å². The number of phenols is 1. The Balaban J connectivity index is 2.17. The Morgan fingerprint density at radius 1 is 1.44 bits per heavy atom. The van der Waals surface area contributed by atoms with E-state index in [0.717, 1.165) is 16.5 Å². The van der Waals surface area contributed by atoms with Crippen LogP contribution in [0.4, 0.5) is 5.69 Å². The van der Waals surface area contributed by atoms with Gasteiger partial charge in [0.2, 0.25) is 0 Å². The van der Waals surface area contributed by atoms with Crippen molar-refractivity contribution in [3.8, 4) is 5.75 Å². The number of aliphatic carboxylic acids is 1. The number of phenolic OH excluding ortho intramolecular Hbond substituents is 1. The summed E-state index contributed by atoms with van der Waals surface area (Å²) in [5.74, 6) is -0.728. The van der Waals surface area contributed by atoms with Gasteiger partial charge in [0.15, 0.2) is 0 Å². The van der Waals surface area contributed by atoms with E-state index < -0.39 is 12.0 Å². The van der Waals surface area contributed by atoms with E-state index in [1.165, 1.54) is 0 Å². The maximum atomic E-state index is 11.3. The second-order valence-electron chi connectivity index (χ2n) is 4.67. The minimum absolute atomic E-state index is 0.00750. The molecule has 0 aromatic heterocycles. The van der Waals surface area contributed by atoms with Crippen LogP contribution in [0.1, 0.15) is 17.9 Å². The summed E-state index contributed by atoms with van der Waals surface area (Å²) in [7, 11) is 0. The average Bonchev–Trinajstić information content (AvgIpc) is 2.81. The molecule has 0 saturated carbocycles. The van der Waals surface area contributed by atoms with Gasteiger partial charge in [-0.3, -0.25) is 0 Å². The molecule has 5 heteroatoms. The van der Waals surface area contributed by atoms with E-state index in [0.29, 0.717) is 5.69 Å². The van der Waals surface area contributed by atoms with E-state index in [-0.39, 0.29) is 17.6 Å². The van der Waals surface area contributed by atoms with E-state index in [1.54, 1.807) is 12.1 Å². The molecule has 1 aromatic rings. The number of carboxylic acids is 1. The molecular formula is C13H12BrNO3. The van der Waals surface area contributed by atoms with Crippen molar-refractivity contribution < 1.29 is 15.0 Å². The Hall–Kier alpha value is -1.49. The van der Waals surface area contributed by atoms with Crippen molar-refractivity contribution >= 4 is 27.6 Å². The molecule has 3 atom stereocenters. The predicted octanol–water partition coefficient (Wildman–Crippen LogP) is 2.69. The number of carboxylic acid groups (broad SMARTS) is 1. The van der Waals surface area contributed by atoms with Crippen molar-refractivity contribution in [3.05, 3.63) is 34.3 Å². The highest BCUT2D eigenvalue weighted by molar-refractivity contribution is 9.10. The first-order chi connectivity index (χ1) is 8.59. The van der Waals surface area contributed by atoms with Gasteiger partial charge in [0.1, 0.15) is 11.8 Å². The van der Waals surface area contributed by atoms with E-state index in [9.17, 15) is 15.0 Å². The van der Waals surface area contributed by atoms with Crippen LogP contribution in [0.15, 0.2) is 28.8 Å². The van der Waals surface area contributed by atoms with Gasteiger partial charge in [-0.1, -0.05) is 28.1 Å². The van der Waals surface area contributed by atoms with Crippen molar-refractivity contribution in [1.82, 2.24) is 0 Å². The molecule has 0 amide bonds. The number of allylic oxidation sites excluding steroid dienone is 2. The highest BCUT2D eigenvalue weighted by Gasteiger charge is 2.42. The number of rotatable bonds is 1. The van der Waals surface area contributed by atoms with E-state index in [2.05, 4.69) is 21.2 Å². The Bertz CT molecular complexity index is 555. The molecule has 0 bridgehead atoms. The molecule has 2 aliphatic rings. The molecule has 0 spiro atoms. The number of hydrogen-bond donors (Lipinski definition) is 3. The summed E-state index contributed by atoms with van der Waals surface area (Å²) in [4.78, 5) is 11.3. The summed E-state index contributed by atoms with van der Waals surface area (Å²) in [6.07, 6.45) is 4.79. The van der Waals surface area contributed by atoms with Crippen LogP contribution < -0.4 is 5.32 Å². The lowest BCUT2D eigenvalue weighted by molar-refractivity contribution is -0.139. The van der Waals surface area contributed by atoms with Crippen LogP contribution in [0, 0.1) is 5.92 Å². The van der Waals surface area contributed by atoms with Gasteiger partial charge in [-0.05, 0) is 18.6 Å². The normalized spacial score (nSPS) is 28.4. The molecule has 4 nitrogen and oxygen atoms in total. The van der Waals surface area contributed by atoms with Crippen LogP contribution in [-0.4, -0.2) is 22.2 Å². The molecule has 3 N–H and O–H groups in total. The van der Waals surface area contributed by atoms with Crippen molar-refractivity contribution in [2.45, 2.75) is 18.4 Å². The largest absolute Gasteiger partial charge is 0.506 e. The topological polar surface area (TPSA) is 69.6 Å². The van der Waals surface area contributed by atoms with Gasteiger partial charge in [0.25, 0.3) is 0 Å². The molecular weight excluding hydrogens is 298 g/mol. The molecule has 0 radical (unpaired) electrons. The fraction of sp³-hybridized carbons (Fsp3) is 0.308. The molecule has 1 aliphatic heterocycles. The molecule has 94 valence electrons. The number of hydrogen-bond acceptors (Lipinski definition) is 3. The fourth-order valence-electron chi connectivity index (χ4n) is 2.89. The van der Waals surface area contributed by atoms with Crippen molar-refractivity contribution in [2.24, 2.45) is 5.92 Å². The molecule has 18 heavy (non-hydrogen) atoms.